The van der Waals surface area contributed by atoms with Crippen molar-refractivity contribution in [1.29, 1.82) is 0 Å². The normalized spacial score (nSPS) is 36.6. The van der Waals surface area contributed by atoms with Crippen molar-refractivity contribution in [2.24, 2.45) is 56.7 Å². The van der Waals surface area contributed by atoms with Crippen LogP contribution in [0.25, 0.3) is 0 Å². The number of benzene rings is 2. The molecule has 7 nitrogen and oxygen atoms in total. The average molecular weight is 861 g/mol. The van der Waals surface area contributed by atoms with Crippen molar-refractivity contribution < 1.29 is 14.3 Å². The Labute approximate surface area is 382 Å². The van der Waals surface area contributed by atoms with E-state index in [2.05, 4.69) is 135 Å². The van der Waals surface area contributed by atoms with Crippen LogP contribution in [-0.2, 0) is 27.4 Å². The van der Waals surface area contributed by atoms with Gasteiger partial charge in [-0.25, -0.2) is 0 Å². The summed E-state index contributed by atoms with van der Waals surface area (Å²) in [5, 5.41) is 3.60. The van der Waals surface area contributed by atoms with E-state index in [-0.39, 0.29) is 39.1 Å². The smallest absolute Gasteiger partial charge is 0.302 e. The molecule has 6 aliphatic rings. The van der Waals surface area contributed by atoms with Gasteiger partial charge in [0.15, 0.2) is 0 Å². The summed E-state index contributed by atoms with van der Waals surface area (Å²) in [7, 11) is 0. The minimum atomic E-state index is -0.297. The molecule has 63 heavy (non-hydrogen) atoms. The Hall–Kier alpha value is -3.00. The Kier molecular flexibility index (Phi) is 13.8. The fraction of sp³-hybridized carbons (Fsp3) is 0.714. The largest absolute Gasteiger partial charge is 0.462 e. The minimum Gasteiger partial charge on any atom is -0.462 e. The van der Waals surface area contributed by atoms with E-state index in [0.717, 1.165) is 117 Å². The zero-order valence-corrected chi connectivity index (χ0v) is 40.7. The van der Waals surface area contributed by atoms with Gasteiger partial charge in [0, 0.05) is 64.7 Å². The first-order valence-electron chi connectivity index (χ1n) is 25.5. The van der Waals surface area contributed by atoms with Crippen molar-refractivity contribution in [2.45, 2.75) is 145 Å². The summed E-state index contributed by atoms with van der Waals surface area (Å²) in [6.45, 7) is 29.7. The van der Waals surface area contributed by atoms with Crippen LogP contribution in [0.2, 0.25) is 0 Å². The van der Waals surface area contributed by atoms with E-state index < -0.39 is 0 Å². The Morgan fingerprint density at radius 2 is 1.37 bits per heavy atom. The summed E-state index contributed by atoms with van der Waals surface area (Å²) in [6.07, 6.45) is 14.8. The Balaban J connectivity index is 0.848. The lowest BCUT2D eigenvalue weighted by Gasteiger charge is -2.71. The lowest BCUT2D eigenvalue weighted by atomic mass is 9.33. The summed E-state index contributed by atoms with van der Waals surface area (Å²) >= 11 is 0. The van der Waals surface area contributed by atoms with Gasteiger partial charge in [-0.05, 0) is 141 Å². The first-order chi connectivity index (χ1) is 30.1. The molecule has 1 saturated heterocycles. The number of carbonyl (C=O) groups is 2. The molecule has 5 aliphatic carbocycles. The van der Waals surface area contributed by atoms with Crippen molar-refractivity contribution in [3.8, 4) is 0 Å². The average Bonchev–Trinajstić information content (AvgIpc) is 3.26. The Morgan fingerprint density at radius 3 is 1.98 bits per heavy atom. The predicted molar refractivity (Wildman–Crippen MR) is 257 cm³/mol. The lowest BCUT2D eigenvalue weighted by molar-refractivity contribution is -0.212. The highest BCUT2D eigenvalue weighted by Gasteiger charge is 2.69. The van der Waals surface area contributed by atoms with Crippen molar-refractivity contribution in [3.05, 3.63) is 83.4 Å². The molecule has 0 aromatic heterocycles. The van der Waals surface area contributed by atoms with Crippen LogP contribution in [0.15, 0.2) is 72.3 Å². The predicted octanol–water partition coefficient (Wildman–Crippen LogP) is 10.8. The van der Waals surface area contributed by atoms with E-state index >= 15 is 0 Å². The molecule has 8 rings (SSSR count). The molecular weight excluding hydrogens is 777 g/mol. The molecule has 4 saturated carbocycles. The quantitative estimate of drug-likeness (QED) is 0.116. The van der Waals surface area contributed by atoms with Crippen LogP contribution in [0.3, 0.4) is 0 Å². The van der Waals surface area contributed by atoms with E-state index in [9.17, 15) is 9.59 Å². The summed E-state index contributed by atoms with van der Waals surface area (Å²) in [5.74, 6) is 2.76. The van der Waals surface area contributed by atoms with E-state index in [1.807, 2.05) is 0 Å². The molecule has 0 radical (unpaired) electrons. The first-order valence-corrected chi connectivity index (χ1v) is 25.5. The topological polar surface area (TPSA) is 65.1 Å². The van der Waals surface area contributed by atoms with E-state index in [0.29, 0.717) is 35.5 Å². The molecule has 0 unspecified atom stereocenters. The second-order valence-corrected chi connectivity index (χ2v) is 23.1. The van der Waals surface area contributed by atoms with Crippen molar-refractivity contribution >= 4 is 11.9 Å². The molecule has 5 fully saturated rings. The third-order valence-corrected chi connectivity index (χ3v) is 19.5. The monoisotopic (exact) mass is 861 g/mol. The number of piperazine rings is 1. The highest BCUT2D eigenvalue weighted by atomic mass is 16.5. The molecule has 346 valence electrons. The van der Waals surface area contributed by atoms with Gasteiger partial charge in [-0.15, -0.1) is 0 Å². The number of carbonyl (C=O) groups excluding carboxylic acids is 2. The summed E-state index contributed by atoms with van der Waals surface area (Å²) in [6, 6.07) is 21.8. The molecule has 1 aliphatic heterocycles. The van der Waals surface area contributed by atoms with Gasteiger partial charge in [0.05, 0.1) is 5.41 Å². The van der Waals surface area contributed by atoms with Crippen LogP contribution in [0.4, 0.5) is 0 Å². The third-order valence-electron chi connectivity index (χ3n) is 19.5. The number of amides is 1. The Bertz CT molecular complexity index is 1870. The molecule has 1 heterocycles. The van der Waals surface area contributed by atoms with Crippen molar-refractivity contribution in [1.82, 2.24) is 20.0 Å². The van der Waals surface area contributed by atoms with Crippen LogP contribution in [-0.4, -0.2) is 85.0 Å². The molecule has 7 heteroatoms. The van der Waals surface area contributed by atoms with Gasteiger partial charge >= 0.3 is 5.97 Å². The molecule has 0 bridgehead atoms. The number of esters is 1. The summed E-state index contributed by atoms with van der Waals surface area (Å²) in [5.41, 5.74) is 4.55. The van der Waals surface area contributed by atoms with Crippen molar-refractivity contribution in [3.63, 3.8) is 0 Å². The number of nitrogens with zero attached hydrogens (tertiary/aromatic N) is 3. The third kappa shape index (κ3) is 8.87. The van der Waals surface area contributed by atoms with Gasteiger partial charge < -0.3 is 19.9 Å². The highest BCUT2D eigenvalue weighted by Crippen LogP contribution is 2.76. The van der Waals surface area contributed by atoms with E-state index in [1.165, 1.54) is 30.4 Å². The molecule has 0 spiro atoms. The van der Waals surface area contributed by atoms with Gasteiger partial charge in [-0.1, -0.05) is 121 Å². The van der Waals surface area contributed by atoms with Crippen LogP contribution in [0.1, 0.15) is 137 Å². The summed E-state index contributed by atoms with van der Waals surface area (Å²) in [4.78, 5) is 34.9. The van der Waals surface area contributed by atoms with Gasteiger partial charge in [-0.3, -0.25) is 14.5 Å². The second-order valence-electron chi connectivity index (χ2n) is 23.1. The molecule has 1 N–H and O–H groups in total. The number of hydrogen-bond acceptors (Lipinski definition) is 6. The van der Waals surface area contributed by atoms with Gasteiger partial charge in [0.25, 0.3) is 0 Å². The van der Waals surface area contributed by atoms with E-state index in [4.69, 9.17) is 4.74 Å². The maximum Gasteiger partial charge on any atom is 0.302 e. The van der Waals surface area contributed by atoms with Crippen LogP contribution < -0.4 is 5.32 Å². The Morgan fingerprint density at radius 1 is 0.746 bits per heavy atom. The maximum atomic E-state index is 14.8. The molecule has 10 atom stereocenters. The fourth-order valence-electron chi connectivity index (χ4n) is 15.6. The molecule has 2 aromatic rings. The maximum absolute atomic E-state index is 14.8. The lowest BCUT2D eigenvalue weighted by Crippen LogP contribution is -2.66. The summed E-state index contributed by atoms with van der Waals surface area (Å²) < 4.78 is 6.00. The standard InChI is InChI=1S/C56H84N4O3/c1-41-23-28-56(30-29-54(7)46(50(56)42(41)2)21-22-48-53(6)26-25-49(63-43(3)61)52(4,5)47(53)24-27-55(48,54)8)51(62)57-31-15-32-58-35-37-59(38-36-58)33-16-34-60(39-44-17-11-9-12-18-44)40-45-19-13-10-14-20-45/h9-14,17-21,41-42,47-50H,15-16,22-40H2,1-8H3,(H,57,62)/t41-,42+,47+,48-,49+,50+,53+,54-,55-,56+/m1/s1. The fourth-order valence-corrected chi connectivity index (χ4v) is 15.6. The SMILES string of the molecule is CC(=O)O[C@H]1CC[C@]2(C)[C@H]3CC=C4[C@@H]5[C@@H](C)[C@H](C)CC[C@]5(C(=O)NCCCN5CCN(CCCN(Cc6ccccc6)Cc6ccccc6)CC5)CC[C@@]4(C)[C@]3(C)CC[C@H]2C1(C)C. The number of allylic oxidation sites excluding steroid dienone is 2. The van der Waals surface area contributed by atoms with Gasteiger partial charge in [0.2, 0.25) is 5.91 Å². The number of fused-ring (bicyclic) bond motifs is 7. The zero-order chi connectivity index (χ0) is 44.6. The van der Waals surface area contributed by atoms with Crippen LogP contribution in [0.5, 0.6) is 0 Å². The van der Waals surface area contributed by atoms with Gasteiger partial charge in [0.1, 0.15) is 6.10 Å². The van der Waals surface area contributed by atoms with Crippen LogP contribution in [0, 0.1) is 56.7 Å². The highest BCUT2D eigenvalue weighted by molar-refractivity contribution is 5.84. The number of rotatable bonds is 14. The number of nitrogens with one attached hydrogen (secondary N) is 1. The zero-order valence-electron chi connectivity index (χ0n) is 40.7. The minimum absolute atomic E-state index is 0.0000352. The van der Waals surface area contributed by atoms with Crippen molar-refractivity contribution in [2.75, 3.05) is 52.4 Å². The number of hydrogen-bond donors (Lipinski definition) is 1. The molecular formula is C56H84N4O3. The molecule has 2 aromatic carbocycles. The van der Waals surface area contributed by atoms with Gasteiger partial charge in [-0.2, -0.15) is 0 Å². The van der Waals surface area contributed by atoms with Crippen LogP contribution >= 0.6 is 0 Å². The first kappa shape index (κ1) is 46.5. The molecule has 1 amide bonds. The van der Waals surface area contributed by atoms with E-state index in [1.54, 1.807) is 12.5 Å². The second kappa shape index (κ2) is 18.7. The number of ether oxygens (including phenoxy) is 1.